The fourth-order valence-corrected chi connectivity index (χ4v) is 4.88. The third-order valence-electron chi connectivity index (χ3n) is 7.24. The highest BCUT2D eigenvalue weighted by Crippen LogP contribution is 2.46. The lowest BCUT2D eigenvalue weighted by molar-refractivity contribution is -0.367. The summed E-state index contributed by atoms with van der Waals surface area (Å²) in [5.41, 5.74) is -3.21. The van der Waals surface area contributed by atoms with Gasteiger partial charge in [0.15, 0.2) is 5.82 Å². The van der Waals surface area contributed by atoms with Crippen LogP contribution < -0.4 is 11.1 Å². The molecule has 1 fully saturated rings. The number of amides is 2. The minimum Gasteiger partial charge on any atom is -0.382 e. The number of carbonyl (C=O) groups excluding carboxylic acids is 2. The number of benzene rings is 1. The Bertz CT molecular complexity index is 1620. The van der Waals surface area contributed by atoms with Crippen LogP contribution in [0.15, 0.2) is 24.5 Å². The van der Waals surface area contributed by atoms with Crippen LogP contribution in [0, 0.1) is 5.82 Å². The van der Waals surface area contributed by atoms with Gasteiger partial charge in [0.2, 0.25) is 5.91 Å². The highest BCUT2D eigenvalue weighted by Gasteiger charge is 2.71. The van der Waals surface area contributed by atoms with Gasteiger partial charge in [0.05, 0.1) is 30.3 Å². The zero-order chi connectivity index (χ0) is 33.9. The van der Waals surface area contributed by atoms with E-state index in [1.165, 1.54) is 6.92 Å². The van der Waals surface area contributed by atoms with E-state index in [0.717, 1.165) is 18.5 Å². The number of rotatable bonds is 6. The van der Waals surface area contributed by atoms with E-state index in [1.54, 1.807) is 0 Å². The molecule has 4 N–H and O–H groups in total. The van der Waals surface area contributed by atoms with Crippen molar-refractivity contribution in [3.63, 3.8) is 0 Å². The minimum atomic E-state index is -6.31. The molecule has 2 atom stereocenters. The predicted molar refractivity (Wildman–Crippen MR) is 132 cm³/mol. The van der Waals surface area contributed by atoms with Crippen LogP contribution in [0.5, 0.6) is 0 Å². The quantitative estimate of drug-likeness (QED) is 0.340. The molecule has 1 aromatic carbocycles. The second kappa shape index (κ2) is 11.3. The molecule has 0 aliphatic carbocycles. The largest absolute Gasteiger partial charge is 0.426 e. The van der Waals surface area contributed by atoms with E-state index in [4.69, 9.17) is 5.73 Å². The van der Waals surface area contributed by atoms with Crippen molar-refractivity contribution in [3.8, 4) is 11.3 Å². The van der Waals surface area contributed by atoms with Gasteiger partial charge < -0.3 is 21.1 Å². The zero-order valence-electron chi connectivity index (χ0n) is 22.6. The van der Waals surface area contributed by atoms with Crippen molar-refractivity contribution < 1.29 is 63.0 Å². The van der Waals surface area contributed by atoms with Crippen molar-refractivity contribution >= 4 is 23.1 Å². The topological polar surface area (TPSA) is 126 Å². The maximum atomic E-state index is 15.2. The molecule has 0 bridgehead atoms. The number of alkyl halides is 10. The normalized spacial score (nSPS) is 18.1. The average Bonchev–Trinajstić information content (AvgIpc) is 3.48. The summed E-state index contributed by atoms with van der Waals surface area (Å²) in [6, 6.07) is 0.659. The van der Waals surface area contributed by atoms with Gasteiger partial charge >= 0.3 is 18.5 Å². The summed E-state index contributed by atoms with van der Waals surface area (Å²) >= 11 is 0. The first kappa shape index (κ1) is 33.7. The molecule has 1 saturated heterocycles. The third-order valence-corrected chi connectivity index (χ3v) is 7.24. The summed E-state index contributed by atoms with van der Waals surface area (Å²) in [7, 11) is 0. The standard InChI is InChI=1S/C25H21F11N6O3/c1-2-11-12(3-10(4-14(11)26)17-5-13(23(28,29)30)19-20(37)38-9-39-42(17)19)21(44)40-16-8-41(7-15(16)27)18(43)6-22(45,24(31,32)33)25(34,35)36/h3-5,9,15-16,45H,2,6-8H2,1H3,(H,40,44)(H2,37,38,39)/t15-,16+/m0/s1. The van der Waals surface area contributed by atoms with E-state index < -0.39 is 95.9 Å². The van der Waals surface area contributed by atoms with E-state index in [9.17, 15) is 58.6 Å². The number of nitrogens with one attached hydrogen (secondary N) is 1. The number of nitrogen functional groups attached to an aromatic ring is 1. The second-order valence-corrected chi connectivity index (χ2v) is 10.1. The van der Waals surface area contributed by atoms with Gasteiger partial charge in [0.1, 0.15) is 23.8 Å². The number of hydrogen-bond acceptors (Lipinski definition) is 6. The summed E-state index contributed by atoms with van der Waals surface area (Å²) in [5.74, 6) is -4.77. The Hall–Kier alpha value is -4.23. The second-order valence-electron chi connectivity index (χ2n) is 10.1. The number of aliphatic hydroxyl groups is 1. The van der Waals surface area contributed by atoms with E-state index in [1.807, 2.05) is 0 Å². The summed E-state index contributed by atoms with van der Waals surface area (Å²) < 4.78 is 150. The lowest BCUT2D eigenvalue weighted by atomic mass is 9.97. The fraction of sp³-hybridized carbons (Fsp3) is 0.440. The van der Waals surface area contributed by atoms with Gasteiger partial charge in [0, 0.05) is 23.2 Å². The van der Waals surface area contributed by atoms with Gasteiger partial charge in [-0.3, -0.25) is 9.59 Å². The van der Waals surface area contributed by atoms with Crippen molar-refractivity contribution in [2.24, 2.45) is 0 Å². The minimum absolute atomic E-state index is 0.158. The van der Waals surface area contributed by atoms with Crippen LogP contribution in [0.2, 0.25) is 0 Å². The van der Waals surface area contributed by atoms with Crippen molar-refractivity contribution in [2.45, 2.75) is 56.1 Å². The molecule has 2 amide bonds. The molecular weight excluding hydrogens is 641 g/mol. The van der Waals surface area contributed by atoms with Gasteiger partial charge in [-0.25, -0.2) is 18.3 Å². The van der Waals surface area contributed by atoms with E-state index >= 15 is 4.39 Å². The summed E-state index contributed by atoms with van der Waals surface area (Å²) in [5, 5.41) is 15.1. The summed E-state index contributed by atoms with van der Waals surface area (Å²) in [4.78, 5) is 29.2. The maximum absolute atomic E-state index is 15.2. The first-order chi connectivity index (χ1) is 20.6. The fourth-order valence-electron chi connectivity index (χ4n) is 4.88. The molecular formula is C25H21F11N6O3. The Morgan fingerprint density at radius 2 is 1.67 bits per heavy atom. The molecule has 0 saturated carbocycles. The number of hydrogen-bond donors (Lipinski definition) is 3. The molecule has 1 aliphatic heterocycles. The molecule has 3 aromatic rings. The average molecular weight is 662 g/mol. The number of aromatic nitrogens is 3. The number of halogens is 11. The summed E-state index contributed by atoms with van der Waals surface area (Å²) in [6.07, 6.45) is -21.6. The lowest BCUT2D eigenvalue weighted by Gasteiger charge is -2.32. The van der Waals surface area contributed by atoms with Crippen molar-refractivity contribution in [1.82, 2.24) is 24.8 Å². The Balaban J connectivity index is 1.64. The smallest absolute Gasteiger partial charge is 0.382 e. The highest BCUT2D eigenvalue weighted by molar-refractivity contribution is 5.97. The van der Waals surface area contributed by atoms with Crippen molar-refractivity contribution in [3.05, 3.63) is 47.0 Å². The Morgan fingerprint density at radius 1 is 1.04 bits per heavy atom. The van der Waals surface area contributed by atoms with Crippen LogP contribution in [-0.4, -0.2) is 79.7 Å². The number of anilines is 1. The van der Waals surface area contributed by atoms with Gasteiger partial charge in [-0.05, 0) is 24.6 Å². The van der Waals surface area contributed by atoms with Crippen LogP contribution in [-0.2, 0) is 17.4 Å². The molecule has 1 aliphatic rings. The molecule has 246 valence electrons. The van der Waals surface area contributed by atoms with Crippen LogP contribution in [0.4, 0.5) is 54.1 Å². The number of fused-ring (bicyclic) bond motifs is 1. The number of nitrogens with zero attached hydrogens (tertiary/aromatic N) is 4. The molecule has 3 heterocycles. The van der Waals surface area contributed by atoms with E-state index in [-0.39, 0.29) is 28.1 Å². The molecule has 2 aromatic heterocycles. The van der Waals surface area contributed by atoms with Gasteiger partial charge in [0.25, 0.3) is 11.5 Å². The zero-order valence-corrected chi connectivity index (χ0v) is 22.6. The number of nitrogens with two attached hydrogens (primary N) is 1. The van der Waals surface area contributed by atoms with Gasteiger partial charge in [-0.15, -0.1) is 0 Å². The number of carbonyl (C=O) groups is 2. The summed E-state index contributed by atoms with van der Waals surface area (Å²) in [6.45, 7) is -0.564. The molecule has 0 unspecified atom stereocenters. The van der Waals surface area contributed by atoms with Crippen LogP contribution in [0.3, 0.4) is 0 Å². The van der Waals surface area contributed by atoms with Crippen LogP contribution in [0.25, 0.3) is 16.8 Å². The molecule has 20 heteroatoms. The Kier molecular flexibility index (Phi) is 8.44. The third kappa shape index (κ3) is 6.06. The number of likely N-dealkylation sites (tertiary alicyclic amines) is 1. The first-order valence-electron chi connectivity index (χ1n) is 12.7. The van der Waals surface area contributed by atoms with Crippen molar-refractivity contribution in [1.29, 1.82) is 0 Å². The first-order valence-corrected chi connectivity index (χ1v) is 12.7. The molecule has 0 radical (unpaired) electrons. The molecule has 45 heavy (non-hydrogen) atoms. The highest BCUT2D eigenvalue weighted by atomic mass is 19.4. The Morgan fingerprint density at radius 3 is 2.22 bits per heavy atom. The lowest BCUT2D eigenvalue weighted by Crippen LogP contribution is -2.59. The van der Waals surface area contributed by atoms with Gasteiger partial charge in [-0.1, -0.05) is 6.92 Å². The molecule has 0 spiro atoms. The molecule has 9 nitrogen and oxygen atoms in total. The Labute approximate surface area is 244 Å². The monoisotopic (exact) mass is 662 g/mol. The van der Waals surface area contributed by atoms with Gasteiger partial charge in [-0.2, -0.15) is 44.6 Å². The van der Waals surface area contributed by atoms with Crippen LogP contribution in [0.1, 0.15) is 34.8 Å². The van der Waals surface area contributed by atoms with E-state index in [0.29, 0.717) is 10.6 Å². The SMILES string of the molecule is CCc1c(F)cc(-c2cc(C(F)(F)F)c3c(N)ncnn23)cc1C(=O)N[C@@H]1CN(C(=O)CC(O)(C(F)(F)F)C(F)(F)F)C[C@@H]1F. The van der Waals surface area contributed by atoms with E-state index in [2.05, 4.69) is 15.4 Å². The maximum Gasteiger partial charge on any atom is 0.426 e. The predicted octanol–water partition coefficient (Wildman–Crippen LogP) is 4.22. The van der Waals surface area contributed by atoms with Crippen molar-refractivity contribution in [2.75, 3.05) is 18.8 Å². The molecule has 4 rings (SSSR count). The van der Waals surface area contributed by atoms with Crippen LogP contribution >= 0.6 is 0 Å².